The maximum absolute atomic E-state index is 12.8. The molecule has 2 aromatic rings. The van der Waals surface area contributed by atoms with Crippen LogP contribution in [0.4, 0.5) is 0 Å². The van der Waals surface area contributed by atoms with Gasteiger partial charge in [0.25, 0.3) is 5.91 Å². The van der Waals surface area contributed by atoms with E-state index in [0.717, 1.165) is 34.1 Å². The standard InChI is InChI=1S/C17H21N3OS.2ClH/c1-11-8-13(9-18)10-20(11)17(21)15-12(2)19-16(22-15)14-6-4-3-5-7-14;;/h3-7,11,13H,8-10,18H2,1-2H3;2*1H. The molecular formula is C17H23Cl2N3OS. The van der Waals surface area contributed by atoms with E-state index in [0.29, 0.717) is 12.5 Å². The van der Waals surface area contributed by atoms with Gasteiger partial charge in [0.05, 0.1) is 5.69 Å². The zero-order chi connectivity index (χ0) is 15.7. The van der Waals surface area contributed by atoms with Gasteiger partial charge in [-0.1, -0.05) is 30.3 Å². The molecule has 1 aliphatic heterocycles. The summed E-state index contributed by atoms with van der Waals surface area (Å²) >= 11 is 1.48. The van der Waals surface area contributed by atoms with Crippen LogP contribution < -0.4 is 5.73 Å². The average molecular weight is 388 g/mol. The van der Waals surface area contributed by atoms with Crippen molar-refractivity contribution in [3.05, 3.63) is 40.9 Å². The molecule has 1 aromatic carbocycles. The van der Waals surface area contributed by atoms with Crippen molar-refractivity contribution in [1.82, 2.24) is 9.88 Å². The Morgan fingerprint density at radius 3 is 2.58 bits per heavy atom. The second-order valence-corrected chi connectivity index (χ2v) is 6.94. The molecule has 132 valence electrons. The highest BCUT2D eigenvalue weighted by Crippen LogP contribution is 2.31. The number of amides is 1. The van der Waals surface area contributed by atoms with E-state index in [2.05, 4.69) is 11.9 Å². The third kappa shape index (κ3) is 4.09. The molecule has 1 amide bonds. The van der Waals surface area contributed by atoms with E-state index in [1.54, 1.807) is 0 Å². The summed E-state index contributed by atoms with van der Waals surface area (Å²) in [6.45, 7) is 5.42. The van der Waals surface area contributed by atoms with E-state index < -0.39 is 0 Å². The van der Waals surface area contributed by atoms with Crippen LogP contribution in [0.1, 0.15) is 28.7 Å². The van der Waals surface area contributed by atoms with Gasteiger partial charge in [-0.05, 0) is 32.7 Å². The van der Waals surface area contributed by atoms with Crippen molar-refractivity contribution in [2.45, 2.75) is 26.3 Å². The topological polar surface area (TPSA) is 59.2 Å². The number of carbonyl (C=O) groups excluding carboxylic acids is 1. The van der Waals surface area contributed by atoms with E-state index in [4.69, 9.17) is 5.73 Å². The van der Waals surface area contributed by atoms with E-state index in [-0.39, 0.29) is 36.8 Å². The normalized spacial score (nSPS) is 19.5. The number of nitrogens with zero attached hydrogens (tertiary/aromatic N) is 2. The summed E-state index contributed by atoms with van der Waals surface area (Å²) in [5.74, 6) is 0.515. The zero-order valence-electron chi connectivity index (χ0n) is 13.8. The Balaban J connectivity index is 0.00000144. The number of carbonyl (C=O) groups is 1. The Kier molecular flexibility index (Phi) is 7.67. The molecular weight excluding hydrogens is 365 g/mol. The number of nitrogens with two attached hydrogens (primary N) is 1. The summed E-state index contributed by atoms with van der Waals surface area (Å²) in [4.78, 5) is 20.1. The molecule has 24 heavy (non-hydrogen) atoms. The summed E-state index contributed by atoms with van der Waals surface area (Å²) < 4.78 is 0. The molecule has 1 aliphatic rings. The first kappa shape index (κ1) is 20.9. The monoisotopic (exact) mass is 387 g/mol. The molecule has 2 unspecified atom stereocenters. The molecule has 3 rings (SSSR count). The second kappa shape index (κ2) is 8.81. The number of rotatable bonds is 3. The fourth-order valence-electron chi connectivity index (χ4n) is 3.03. The van der Waals surface area contributed by atoms with E-state index in [9.17, 15) is 4.79 Å². The SMILES string of the molecule is Cc1nc(-c2ccccc2)sc1C(=O)N1CC(CN)CC1C.Cl.Cl. The Morgan fingerprint density at radius 2 is 2.00 bits per heavy atom. The van der Waals surface area contributed by atoms with E-state index >= 15 is 0 Å². The Labute approximate surface area is 159 Å². The van der Waals surface area contributed by atoms with Gasteiger partial charge in [0.2, 0.25) is 0 Å². The van der Waals surface area contributed by atoms with E-state index in [1.807, 2.05) is 42.2 Å². The average Bonchev–Trinajstić information content (AvgIpc) is 3.10. The van der Waals surface area contributed by atoms with Crippen LogP contribution in [0.3, 0.4) is 0 Å². The van der Waals surface area contributed by atoms with Gasteiger partial charge in [0.1, 0.15) is 9.88 Å². The van der Waals surface area contributed by atoms with Crippen LogP contribution in [-0.4, -0.2) is 34.9 Å². The number of halogens is 2. The van der Waals surface area contributed by atoms with Gasteiger partial charge in [-0.2, -0.15) is 0 Å². The van der Waals surface area contributed by atoms with Crippen molar-refractivity contribution in [2.75, 3.05) is 13.1 Å². The predicted molar refractivity (Wildman–Crippen MR) is 104 cm³/mol. The van der Waals surface area contributed by atoms with Crippen molar-refractivity contribution in [2.24, 2.45) is 11.7 Å². The highest BCUT2D eigenvalue weighted by molar-refractivity contribution is 7.17. The maximum Gasteiger partial charge on any atom is 0.266 e. The maximum atomic E-state index is 12.8. The number of benzene rings is 1. The van der Waals surface area contributed by atoms with Crippen molar-refractivity contribution >= 4 is 42.1 Å². The number of thiazole rings is 1. The molecule has 2 heterocycles. The van der Waals surface area contributed by atoms with Crippen LogP contribution in [0.2, 0.25) is 0 Å². The number of likely N-dealkylation sites (tertiary alicyclic amines) is 1. The molecule has 0 radical (unpaired) electrons. The Hall–Kier alpha value is -1.14. The van der Waals surface area contributed by atoms with Crippen molar-refractivity contribution in [1.29, 1.82) is 0 Å². The first-order chi connectivity index (χ1) is 10.6. The van der Waals surface area contributed by atoms with Crippen molar-refractivity contribution in [3.8, 4) is 10.6 Å². The fourth-order valence-corrected chi connectivity index (χ4v) is 4.05. The number of hydrogen-bond acceptors (Lipinski definition) is 4. The Bertz CT molecular complexity index is 678. The van der Waals surface area contributed by atoms with Gasteiger partial charge in [0.15, 0.2) is 0 Å². The van der Waals surface area contributed by atoms with Gasteiger partial charge in [-0.15, -0.1) is 36.2 Å². The zero-order valence-corrected chi connectivity index (χ0v) is 16.2. The summed E-state index contributed by atoms with van der Waals surface area (Å²) in [5.41, 5.74) is 7.64. The molecule has 7 heteroatoms. The van der Waals surface area contributed by atoms with Crippen LogP contribution >= 0.6 is 36.2 Å². The van der Waals surface area contributed by atoms with Gasteiger partial charge in [-0.25, -0.2) is 4.98 Å². The number of hydrogen-bond donors (Lipinski definition) is 1. The lowest BCUT2D eigenvalue weighted by Gasteiger charge is -2.20. The molecule has 2 atom stereocenters. The fraction of sp³-hybridized carbons (Fsp3) is 0.412. The summed E-state index contributed by atoms with van der Waals surface area (Å²) in [6, 6.07) is 10.3. The van der Waals surface area contributed by atoms with Crippen LogP contribution in [0.25, 0.3) is 10.6 Å². The molecule has 1 aromatic heterocycles. The van der Waals surface area contributed by atoms with Gasteiger partial charge >= 0.3 is 0 Å². The summed E-state index contributed by atoms with van der Waals surface area (Å²) in [6.07, 6.45) is 0.992. The molecule has 0 bridgehead atoms. The first-order valence-corrected chi connectivity index (χ1v) is 8.45. The lowest BCUT2D eigenvalue weighted by Crippen LogP contribution is -2.34. The lowest BCUT2D eigenvalue weighted by molar-refractivity contribution is 0.0747. The van der Waals surface area contributed by atoms with Crippen LogP contribution in [0.15, 0.2) is 30.3 Å². The smallest absolute Gasteiger partial charge is 0.266 e. The van der Waals surface area contributed by atoms with Crippen molar-refractivity contribution < 1.29 is 4.79 Å². The highest BCUT2D eigenvalue weighted by atomic mass is 35.5. The van der Waals surface area contributed by atoms with Crippen molar-refractivity contribution in [3.63, 3.8) is 0 Å². The number of aromatic nitrogens is 1. The largest absolute Gasteiger partial charge is 0.335 e. The van der Waals surface area contributed by atoms with Crippen LogP contribution in [-0.2, 0) is 0 Å². The minimum absolute atomic E-state index is 0. The molecule has 1 fully saturated rings. The van der Waals surface area contributed by atoms with Gasteiger partial charge in [0, 0.05) is 18.2 Å². The molecule has 2 N–H and O–H groups in total. The number of aryl methyl sites for hydroxylation is 1. The quantitative estimate of drug-likeness (QED) is 0.871. The van der Waals surface area contributed by atoms with Crippen LogP contribution in [0.5, 0.6) is 0 Å². The van der Waals surface area contributed by atoms with Gasteiger partial charge < -0.3 is 10.6 Å². The minimum atomic E-state index is 0. The third-order valence-electron chi connectivity index (χ3n) is 4.27. The summed E-state index contributed by atoms with van der Waals surface area (Å²) in [7, 11) is 0. The van der Waals surface area contributed by atoms with Gasteiger partial charge in [-0.3, -0.25) is 4.79 Å². The highest BCUT2D eigenvalue weighted by Gasteiger charge is 2.33. The molecule has 4 nitrogen and oxygen atoms in total. The Morgan fingerprint density at radius 1 is 1.33 bits per heavy atom. The molecule has 1 saturated heterocycles. The van der Waals surface area contributed by atoms with E-state index in [1.165, 1.54) is 11.3 Å². The van der Waals surface area contributed by atoms with Crippen LogP contribution in [0, 0.1) is 12.8 Å². The molecule has 0 spiro atoms. The second-order valence-electron chi connectivity index (χ2n) is 5.94. The molecule has 0 aliphatic carbocycles. The molecule has 0 saturated carbocycles. The lowest BCUT2D eigenvalue weighted by atomic mass is 10.1. The summed E-state index contributed by atoms with van der Waals surface area (Å²) in [5, 5.41) is 0.906. The first-order valence-electron chi connectivity index (χ1n) is 7.64. The third-order valence-corrected chi connectivity index (χ3v) is 5.46. The minimum Gasteiger partial charge on any atom is -0.335 e. The predicted octanol–water partition coefficient (Wildman–Crippen LogP) is 3.77.